The number of nitrogens with one attached hydrogen (secondary N) is 1. The van der Waals surface area contributed by atoms with E-state index in [0.717, 1.165) is 11.3 Å². The third kappa shape index (κ3) is 3.17. The fourth-order valence-corrected chi connectivity index (χ4v) is 3.20. The van der Waals surface area contributed by atoms with Gasteiger partial charge in [0, 0.05) is 50.5 Å². The van der Waals surface area contributed by atoms with Crippen LogP contribution in [0, 0.1) is 5.82 Å². The number of anilines is 1. The van der Waals surface area contributed by atoms with Gasteiger partial charge in [-0.25, -0.2) is 14.2 Å². The predicted octanol–water partition coefficient (Wildman–Crippen LogP) is 1.90. The molecule has 1 aliphatic heterocycles. The third-order valence-electron chi connectivity index (χ3n) is 4.59. The maximum atomic E-state index is 13.8. The Morgan fingerprint density at radius 1 is 1.15 bits per heavy atom. The van der Waals surface area contributed by atoms with Crippen molar-refractivity contribution in [3.63, 3.8) is 0 Å². The van der Waals surface area contributed by atoms with E-state index in [9.17, 15) is 9.18 Å². The van der Waals surface area contributed by atoms with Crippen LogP contribution in [0.1, 0.15) is 5.69 Å². The molecule has 0 atom stereocenters. The van der Waals surface area contributed by atoms with Gasteiger partial charge >= 0.3 is 6.03 Å². The number of halogens is 1. The highest BCUT2D eigenvalue weighted by Gasteiger charge is 2.22. The summed E-state index contributed by atoms with van der Waals surface area (Å²) in [6.45, 7) is 2.69. The molecule has 1 fully saturated rings. The Kier molecular flexibility index (Phi) is 4.39. The molecule has 0 unspecified atom stereocenters. The second kappa shape index (κ2) is 6.99. The van der Waals surface area contributed by atoms with Gasteiger partial charge in [-0.2, -0.15) is 0 Å². The fraction of sp³-hybridized carbons (Fsp3) is 0.278. The zero-order chi connectivity index (χ0) is 17.9. The molecule has 0 bridgehead atoms. The van der Waals surface area contributed by atoms with Crippen molar-refractivity contribution in [1.82, 2.24) is 24.6 Å². The maximum absolute atomic E-state index is 13.8. The molecule has 0 spiro atoms. The van der Waals surface area contributed by atoms with Gasteiger partial charge in [0.15, 0.2) is 5.82 Å². The molecule has 26 heavy (non-hydrogen) atoms. The van der Waals surface area contributed by atoms with Crippen LogP contribution < -0.4 is 10.2 Å². The summed E-state index contributed by atoms with van der Waals surface area (Å²) in [7, 11) is 0. The highest BCUT2D eigenvalue weighted by molar-refractivity contribution is 5.74. The monoisotopic (exact) mass is 354 g/mol. The van der Waals surface area contributed by atoms with Gasteiger partial charge in [-0.3, -0.25) is 4.98 Å². The Morgan fingerprint density at radius 2 is 2.00 bits per heavy atom. The average molecular weight is 354 g/mol. The van der Waals surface area contributed by atoms with Gasteiger partial charge in [0.2, 0.25) is 0 Å². The first-order valence-corrected chi connectivity index (χ1v) is 8.50. The summed E-state index contributed by atoms with van der Waals surface area (Å²) in [4.78, 5) is 24.1. The van der Waals surface area contributed by atoms with E-state index >= 15 is 0 Å². The molecule has 0 aliphatic carbocycles. The highest BCUT2D eigenvalue weighted by Crippen LogP contribution is 2.19. The van der Waals surface area contributed by atoms with Crippen molar-refractivity contribution in [2.45, 2.75) is 6.54 Å². The Bertz CT molecular complexity index is 919. The Hall–Kier alpha value is -3.16. The number of piperazine rings is 1. The Morgan fingerprint density at radius 3 is 2.81 bits per heavy atom. The first-order valence-electron chi connectivity index (χ1n) is 8.50. The molecule has 1 aliphatic rings. The molecule has 4 heterocycles. The van der Waals surface area contributed by atoms with Gasteiger partial charge in [0.05, 0.1) is 18.4 Å². The summed E-state index contributed by atoms with van der Waals surface area (Å²) < 4.78 is 15.8. The summed E-state index contributed by atoms with van der Waals surface area (Å²) in [5.41, 5.74) is 2.35. The van der Waals surface area contributed by atoms with E-state index in [0.29, 0.717) is 38.4 Å². The number of aromatic nitrogens is 3. The number of carbonyl (C=O) groups is 1. The molecule has 1 N–H and O–H groups in total. The zero-order valence-corrected chi connectivity index (χ0v) is 14.2. The molecule has 134 valence electrons. The van der Waals surface area contributed by atoms with Crippen LogP contribution in [0.5, 0.6) is 0 Å². The molecule has 3 aromatic heterocycles. The number of nitrogens with zero attached hydrogens (tertiary/aromatic N) is 5. The zero-order valence-electron chi connectivity index (χ0n) is 14.2. The van der Waals surface area contributed by atoms with Crippen molar-refractivity contribution in [1.29, 1.82) is 0 Å². The minimum atomic E-state index is -0.334. The van der Waals surface area contributed by atoms with E-state index in [2.05, 4.69) is 15.3 Å². The van der Waals surface area contributed by atoms with Crippen molar-refractivity contribution < 1.29 is 9.18 Å². The van der Waals surface area contributed by atoms with Crippen molar-refractivity contribution in [2.24, 2.45) is 0 Å². The first kappa shape index (κ1) is 16.3. The molecule has 0 saturated carbocycles. The normalized spacial score (nSPS) is 14.7. The molecule has 8 heteroatoms. The van der Waals surface area contributed by atoms with Crippen LogP contribution in [0.3, 0.4) is 0 Å². The topological polar surface area (TPSA) is 65.8 Å². The number of carbonyl (C=O) groups excluding carboxylic acids is 1. The van der Waals surface area contributed by atoms with Gasteiger partial charge in [-0.05, 0) is 18.2 Å². The van der Waals surface area contributed by atoms with Crippen LogP contribution in [-0.2, 0) is 6.54 Å². The van der Waals surface area contributed by atoms with Gasteiger partial charge in [-0.1, -0.05) is 6.07 Å². The largest absolute Gasteiger partial charge is 0.366 e. The number of amides is 2. The summed E-state index contributed by atoms with van der Waals surface area (Å²) in [5, 5.41) is 2.95. The first-order chi connectivity index (χ1) is 12.7. The maximum Gasteiger partial charge on any atom is 0.317 e. The molecule has 0 radical (unpaired) electrons. The second-order valence-corrected chi connectivity index (χ2v) is 6.13. The lowest BCUT2D eigenvalue weighted by atomic mass is 10.2. The lowest BCUT2D eigenvalue weighted by Gasteiger charge is -2.36. The predicted molar refractivity (Wildman–Crippen MR) is 95.4 cm³/mol. The van der Waals surface area contributed by atoms with Crippen LogP contribution in [0.25, 0.3) is 5.65 Å². The second-order valence-electron chi connectivity index (χ2n) is 6.13. The van der Waals surface area contributed by atoms with Crippen molar-refractivity contribution in [2.75, 3.05) is 31.1 Å². The van der Waals surface area contributed by atoms with E-state index in [4.69, 9.17) is 0 Å². The number of pyridine rings is 2. The van der Waals surface area contributed by atoms with Crippen LogP contribution >= 0.6 is 0 Å². The lowest BCUT2D eigenvalue weighted by molar-refractivity contribution is 0.193. The summed E-state index contributed by atoms with van der Waals surface area (Å²) in [6, 6.07) is 7.35. The van der Waals surface area contributed by atoms with Crippen LogP contribution in [0.15, 0.2) is 49.1 Å². The fourth-order valence-electron chi connectivity index (χ4n) is 3.20. The summed E-state index contributed by atoms with van der Waals surface area (Å²) >= 11 is 0. The average Bonchev–Trinajstić information content (AvgIpc) is 3.16. The molecule has 3 aromatic rings. The molecule has 2 amide bonds. The lowest BCUT2D eigenvalue weighted by Crippen LogP contribution is -2.52. The van der Waals surface area contributed by atoms with Gasteiger partial charge < -0.3 is 19.5 Å². The van der Waals surface area contributed by atoms with E-state index < -0.39 is 0 Å². The van der Waals surface area contributed by atoms with Crippen LogP contribution in [-0.4, -0.2) is 51.5 Å². The number of hydrogen-bond donors (Lipinski definition) is 1. The van der Waals surface area contributed by atoms with Crippen LogP contribution in [0.2, 0.25) is 0 Å². The standard InChI is InChI=1S/C18H19FN6O/c19-15-13-20-5-4-16(15)23-8-10-24(11-9-23)18(26)22-12-14-2-1-3-17-21-6-7-25(14)17/h1-7,13H,8-12H2,(H,22,26). The number of imidazole rings is 1. The van der Waals surface area contributed by atoms with Gasteiger partial charge in [0.25, 0.3) is 0 Å². The van der Waals surface area contributed by atoms with E-state index in [1.165, 1.54) is 6.20 Å². The Balaban J connectivity index is 1.34. The van der Waals surface area contributed by atoms with Crippen LogP contribution in [0.4, 0.5) is 14.9 Å². The highest BCUT2D eigenvalue weighted by atomic mass is 19.1. The summed E-state index contributed by atoms with van der Waals surface area (Å²) in [5.74, 6) is -0.334. The minimum absolute atomic E-state index is 0.114. The molecule has 4 rings (SSSR count). The third-order valence-corrected chi connectivity index (χ3v) is 4.59. The molecule has 0 aromatic carbocycles. The van der Waals surface area contributed by atoms with E-state index in [1.807, 2.05) is 33.7 Å². The number of rotatable bonds is 3. The SMILES string of the molecule is O=C(NCc1cccc2nccn12)N1CCN(c2ccncc2F)CC1. The van der Waals surface area contributed by atoms with Gasteiger partial charge in [0.1, 0.15) is 5.65 Å². The van der Waals surface area contributed by atoms with E-state index in [-0.39, 0.29) is 11.8 Å². The molecule has 1 saturated heterocycles. The number of urea groups is 1. The molecular weight excluding hydrogens is 335 g/mol. The van der Waals surface area contributed by atoms with Crippen molar-refractivity contribution >= 4 is 17.4 Å². The molecule has 7 nitrogen and oxygen atoms in total. The Labute approximate surface area is 150 Å². The van der Waals surface area contributed by atoms with Gasteiger partial charge in [-0.15, -0.1) is 0 Å². The summed E-state index contributed by atoms with van der Waals surface area (Å²) in [6.07, 6.45) is 6.40. The minimum Gasteiger partial charge on any atom is -0.366 e. The number of hydrogen-bond acceptors (Lipinski definition) is 4. The van der Waals surface area contributed by atoms with Crippen molar-refractivity contribution in [3.8, 4) is 0 Å². The quantitative estimate of drug-likeness (QED) is 0.780. The molecular formula is C18H19FN6O. The smallest absolute Gasteiger partial charge is 0.317 e. The number of fused-ring (bicyclic) bond motifs is 1. The van der Waals surface area contributed by atoms with Crippen molar-refractivity contribution in [3.05, 3.63) is 60.6 Å². The van der Waals surface area contributed by atoms with E-state index in [1.54, 1.807) is 23.4 Å².